The molecule has 0 fully saturated rings. The van der Waals surface area contributed by atoms with Crippen LogP contribution in [0.1, 0.15) is 19.8 Å². The molecule has 0 aromatic rings. The van der Waals surface area contributed by atoms with E-state index in [1.54, 1.807) is 6.92 Å². The average Bonchev–Trinajstić information content (AvgIpc) is 2.56. The minimum atomic E-state index is -1.66. The van der Waals surface area contributed by atoms with Crippen molar-refractivity contribution in [1.29, 1.82) is 0 Å². The van der Waals surface area contributed by atoms with E-state index in [0.717, 1.165) is 0 Å². The van der Waals surface area contributed by atoms with Crippen LogP contribution < -0.4 is 0 Å². The van der Waals surface area contributed by atoms with Crippen molar-refractivity contribution in [1.82, 2.24) is 0 Å². The lowest BCUT2D eigenvalue weighted by Crippen LogP contribution is -2.19. The van der Waals surface area contributed by atoms with Crippen LogP contribution >= 0.6 is 0 Å². The molecule has 0 amide bonds. The first-order valence-electron chi connectivity index (χ1n) is 6.44. The van der Waals surface area contributed by atoms with Gasteiger partial charge in [0, 0.05) is 5.57 Å². The number of aliphatic hydroxyl groups excluding tert-OH is 3. The molecule has 0 atom stereocenters. The van der Waals surface area contributed by atoms with Crippen LogP contribution in [0.4, 0.5) is 4.79 Å². The highest BCUT2D eigenvalue weighted by Gasteiger charge is 2.20. The van der Waals surface area contributed by atoms with Crippen LogP contribution in [0, 0.1) is 0 Å². The van der Waals surface area contributed by atoms with Gasteiger partial charge in [-0.1, -0.05) is 19.9 Å². The number of hydrogen-bond donors (Lipinski definition) is 3. The van der Waals surface area contributed by atoms with Crippen molar-refractivity contribution in [2.75, 3.05) is 19.8 Å². The van der Waals surface area contributed by atoms with E-state index in [-0.39, 0.29) is 23.1 Å². The molecule has 3 N–H and O–H groups in total. The number of carbonyl (C=O) groups excluding carboxylic acids is 3. The van der Waals surface area contributed by atoms with Gasteiger partial charge in [0.15, 0.2) is 0 Å². The molecular formula is C13H18O10. The lowest BCUT2D eigenvalue weighted by Gasteiger charge is -2.09. The summed E-state index contributed by atoms with van der Waals surface area (Å²) >= 11 is 0. The Kier molecular flexibility index (Phi) is 10.00. The average molecular weight is 334 g/mol. The maximum Gasteiger partial charge on any atom is 0.592 e. The SMILES string of the molecule is C=C(CO)C(=O)OOC(=O)OOC(=O)C(CCC)=C(CO)CO. The third-order valence-corrected chi connectivity index (χ3v) is 2.41. The summed E-state index contributed by atoms with van der Waals surface area (Å²) in [6.07, 6.45) is -0.999. The second-order valence-electron chi connectivity index (χ2n) is 4.07. The van der Waals surface area contributed by atoms with E-state index < -0.39 is 37.9 Å². The lowest BCUT2D eigenvalue weighted by atomic mass is 10.1. The molecule has 0 aliphatic rings. The fraction of sp³-hybridized carbons (Fsp3) is 0.462. The van der Waals surface area contributed by atoms with Crippen LogP contribution in [0.25, 0.3) is 0 Å². The van der Waals surface area contributed by atoms with E-state index in [1.165, 1.54) is 0 Å². The van der Waals surface area contributed by atoms with Gasteiger partial charge in [-0.05, 0) is 12.0 Å². The second-order valence-corrected chi connectivity index (χ2v) is 4.07. The maximum absolute atomic E-state index is 11.7. The highest BCUT2D eigenvalue weighted by Crippen LogP contribution is 2.13. The highest BCUT2D eigenvalue weighted by molar-refractivity contribution is 5.89. The molecule has 0 bridgehead atoms. The Bertz CT molecular complexity index is 473. The van der Waals surface area contributed by atoms with E-state index in [0.29, 0.717) is 6.42 Å². The lowest BCUT2D eigenvalue weighted by molar-refractivity contribution is -0.289. The zero-order chi connectivity index (χ0) is 17.8. The fourth-order valence-electron chi connectivity index (χ4n) is 1.25. The molecule has 10 heteroatoms. The number of carbonyl (C=O) groups is 3. The Hall–Kier alpha value is -2.43. The number of hydrogen-bond acceptors (Lipinski definition) is 10. The molecule has 0 radical (unpaired) electrons. The van der Waals surface area contributed by atoms with Crippen molar-refractivity contribution in [2.24, 2.45) is 0 Å². The summed E-state index contributed by atoms with van der Waals surface area (Å²) in [7, 11) is 0. The summed E-state index contributed by atoms with van der Waals surface area (Å²) in [4.78, 5) is 49.6. The standard InChI is InChI=1S/C13H18O10/c1-3-4-10(9(6-15)7-16)12(18)21-23-13(19)22-20-11(17)8(2)5-14/h14-16H,2-7H2,1H3. The topological polar surface area (TPSA) is 149 Å². The Morgan fingerprint density at radius 1 is 0.870 bits per heavy atom. The Labute approximate surface area is 131 Å². The molecule has 0 heterocycles. The van der Waals surface area contributed by atoms with E-state index in [9.17, 15) is 14.4 Å². The molecule has 130 valence electrons. The van der Waals surface area contributed by atoms with E-state index in [2.05, 4.69) is 26.1 Å². The molecule has 0 aliphatic heterocycles. The van der Waals surface area contributed by atoms with Gasteiger partial charge >= 0.3 is 18.1 Å². The molecule has 0 spiro atoms. The van der Waals surface area contributed by atoms with Crippen LogP contribution in [0.2, 0.25) is 0 Å². The van der Waals surface area contributed by atoms with Crippen molar-refractivity contribution in [3.8, 4) is 0 Å². The monoisotopic (exact) mass is 334 g/mol. The summed E-state index contributed by atoms with van der Waals surface area (Å²) in [5, 5.41) is 26.6. The smallest absolute Gasteiger partial charge is 0.392 e. The van der Waals surface area contributed by atoms with Gasteiger partial charge in [0.1, 0.15) is 0 Å². The van der Waals surface area contributed by atoms with Gasteiger partial charge < -0.3 is 15.3 Å². The van der Waals surface area contributed by atoms with E-state index >= 15 is 0 Å². The molecule has 0 saturated heterocycles. The van der Waals surface area contributed by atoms with Crippen molar-refractivity contribution in [3.63, 3.8) is 0 Å². The molecular weight excluding hydrogens is 316 g/mol. The summed E-state index contributed by atoms with van der Waals surface area (Å²) in [6, 6.07) is 0. The van der Waals surface area contributed by atoms with Gasteiger partial charge in [0.25, 0.3) is 0 Å². The zero-order valence-electron chi connectivity index (χ0n) is 12.4. The molecule has 0 aromatic carbocycles. The second kappa shape index (κ2) is 11.2. The van der Waals surface area contributed by atoms with Gasteiger partial charge in [0.2, 0.25) is 0 Å². The number of aliphatic hydroxyl groups is 3. The van der Waals surface area contributed by atoms with Crippen molar-refractivity contribution < 1.29 is 49.3 Å². The van der Waals surface area contributed by atoms with Gasteiger partial charge in [-0.3, -0.25) is 0 Å². The first kappa shape index (κ1) is 20.6. The molecule has 0 aromatic heterocycles. The minimum Gasteiger partial charge on any atom is -0.392 e. The Morgan fingerprint density at radius 3 is 1.83 bits per heavy atom. The first-order chi connectivity index (χ1) is 10.9. The summed E-state index contributed by atoms with van der Waals surface area (Å²) in [6.45, 7) is 2.99. The predicted molar refractivity (Wildman–Crippen MR) is 72.1 cm³/mol. The summed E-state index contributed by atoms with van der Waals surface area (Å²) in [5.74, 6) is -2.34. The van der Waals surface area contributed by atoms with Crippen molar-refractivity contribution >= 4 is 18.1 Å². The summed E-state index contributed by atoms with van der Waals surface area (Å²) in [5.41, 5.74) is -0.422. The quantitative estimate of drug-likeness (QED) is 0.321. The summed E-state index contributed by atoms with van der Waals surface area (Å²) < 4.78 is 0. The Balaban J connectivity index is 4.51. The van der Waals surface area contributed by atoms with Crippen LogP contribution in [0.3, 0.4) is 0 Å². The van der Waals surface area contributed by atoms with Crippen LogP contribution in [0.15, 0.2) is 23.3 Å². The molecule has 0 rings (SSSR count). The molecule has 0 unspecified atom stereocenters. The largest absolute Gasteiger partial charge is 0.592 e. The highest BCUT2D eigenvalue weighted by atomic mass is 17.3. The number of rotatable bonds is 7. The van der Waals surface area contributed by atoms with Gasteiger partial charge in [-0.25, -0.2) is 29.1 Å². The van der Waals surface area contributed by atoms with E-state index in [4.69, 9.17) is 15.3 Å². The molecule has 23 heavy (non-hydrogen) atoms. The zero-order valence-corrected chi connectivity index (χ0v) is 12.4. The maximum atomic E-state index is 11.7. The van der Waals surface area contributed by atoms with Crippen LogP contribution in [-0.4, -0.2) is 53.2 Å². The van der Waals surface area contributed by atoms with E-state index in [1.807, 2.05) is 0 Å². The van der Waals surface area contributed by atoms with Gasteiger partial charge in [-0.15, -0.1) is 0 Å². The fourth-order valence-corrected chi connectivity index (χ4v) is 1.25. The van der Waals surface area contributed by atoms with Gasteiger partial charge in [0.05, 0.1) is 25.4 Å². The third-order valence-electron chi connectivity index (χ3n) is 2.41. The van der Waals surface area contributed by atoms with Crippen molar-refractivity contribution in [2.45, 2.75) is 19.8 Å². The van der Waals surface area contributed by atoms with Crippen molar-refractivity contribution in [3.05, 3.63) is 23.3 Å². The normalized spacial score (nSPS) is 9.57. The molecule has 0 aliphatic carbocycles. The third kappa shape index (κ3) is 7.40. The van der Waals surface area contributed by atoms with Gasteiger partial charge in [-0.2, -0.15) is 4.79 Å². The Morgan fingerprint density at radius 2 is 1.39 bits per heavy atom. The van der Waals surface area contributed by atoms with Crippen LogP contribution in [0.5, 0.6) is 0 Å². The first-order valence-corrected chi connectivity index (χ1v) is 6.44. The van der Waals surface area contributed by atoms with Crippen LogP contribution in [-0.2, 0) is 29.1 Å². The predicted octanol–water partition coefficient (Wildman–Crippen LogP) is -0.314. The molecule has 10 nitrogen and oxygen atoms in total. The molecule has 0 saturated carbocycles. The minimum absolute atomic E-state index is 0.0134.